The molecule has 0 amide bonds. The molecule has 0 aliphatic rings. The van der Waals surface area contributed by atoms with E-state index in [4.69, 9.17) is 11.6 Å². The first kappa shape index (κ1) is 5.24. The Hall–Kier alpha value is -0.900. The molecule has 1 rings (SSSR count). The van der Waals surface area contributed by atoms with Gasteiger partial charge in [-0.3, -0.25) is 4.79 Å². The molecule has 0 radical (unpaired) electrons. The molecule has 4 nitrogen and oxygen atoms in total. The molecule has 0 saturated carbocycles. The predicted molar refractivity (Wildman–Crippen MR) is 26.6 cm³/mol. The lowest BCUT2D eigenvalue weighted by atomic mass is 10.5. The van der Waals surface area contributed by atoms with Gasteiger partial charge in [-0.2, -0.15) is 15.4 Å². The van der Waals surface area contributed by atoms with E-state index in [0.29, 0.717) is 0 Å². The summed E-state index contributed by atoms with van der Waals surface area (Å²) in [5.74, 6) is 0. The third-order valence-corrected chi connectivity index (χ3v) is 0.810. The second-order valence-corrected chi connectivity index (χ2v) is 1.47. The summed E-state index contributed by atoms with van der Waals surface area (Å²) in [6.07, 6.45) is 1.26. The second kappa shape index (κ2) is 1.92. The fourth-order valence-electron chi connectivity index (χ4n) is 0.296. The Morgan fingerprint density at radius 3 is 2.88 bits per heavy atom. The summed E-state index contributed by atoms with van der Waals surface area (Å²) in [4.78, 5) is 10.1. The van der Waals surface area contributed by atoms with Crippen LogP contribution in [0.25, 0.3) is 0 Å². The van der Waals surface area contributed by atoms with E-state index in [-0.39, 0.29) is 5.69 Å². The highest BCUT2D eigenvalue weighted by Crippen LogP contribution is 1.93. The highest BCUT2D eigenvalue weighted by molar-refractivity contribution is 6.67. The molecule has 0 saturated heterocycles. The molecule has 1 aromatic rings. The van der Waals surface area contributed by atoms with E-state index in [0.717, 1.165) is 0 Å². The van der Waals surface area contributed by atoms with Crippen molar-refractivity contribution in [2.24, 2.45) is 0 Å². The minimum Gasteiger partial charge on any atom is -0.274 e. The fourth-order valence-corrected chi connectivity index (χ4v) is 0.387. The van der Waals surface area contributed by atoms with Crippen LogP contribution in [0.4, 0.5) is 0 Å². The van der Waals surface area contributed by atoms with Crippen LogP contribution in [0.2, 0.25) is 0 Å². The maximum Gasteiger partial charge on any atom is 0.274 e. The van der Waals surface area contributed by atoms with Crippen molar-refractivity contribution >= 4 is 16.8 Å². The van der Waals surface area contributed by atoms with E-state index in [1.54, 1.807) is 0 Å². The van der Waals surface area contributed by atoms with Crippen LogP contribution in [0.15, 0.2) is 6.20 Å². The number of H-pyrrole nitrogens is 1. The van der Waals surface area contributed by atoms with Crippen LogP contribution in [0, 0.1) is 0 Å². The summed E-state index contributed by atoms with van der Waals surface area (Å²) < 4.78 is 0. The van der Waals surface area contributed by atoms with Crippen molar-refractivity contribution in [3.05, 3.63) is 11.9 Å². The number of rotatable bonds is 1. The number of nitrogens with zero attached hydrogens (tertiary/aromatic N) is 2. The second-order valence-electron chi connectivity index (χ2n) is 1.13. The van der Waals surface area contributed by atoms with Crippen LogP contribution >= 0.6 is 11.6 Å². The Balaban J connectivity index is 2.93. The van der Waals surface area contributed by atoms with Crippen molar-refractivity contribution in [3.8, 4) is 0 Å². The maximum absolute atomic E-state index is 10.1. The zero-order valence-corrected chi connectivity index (χ0v) is 4.51. The van der Waals surface area contributed by atoms with E-state index < -0.39 is 5.24 Å². The van der Waals surface area contributed by atoms with Crippen LogP contribution in [0.3, 0.4) is 0 Å². The largest absolute Gasteiger partial charge is 0.274 e. The number of nitrogens with one attached hydrogen (secondary N) is 1. The number of halogens is 1. The van der Waals surface area contributed by atoms with E-state index >= 15 is 0 Å². The van der Waals surface area contributed by atoms with Gasteiger partial charge in [0.1, 0.15) is 0 Å². The van der Waals surface area contributed by atoms with E-state index in [1.807, 2.05) is 0 Å². The van der Waals surface area contributed by atoms with Gasteiger partial charge in [-0.25, -0.2) is 0 Å². The van der Waals surface area contributed by atoms with Gasteiger partial charge in [-0.15, -0.1) is 0 Å². The minimum atomic E-state index is -0.598. The van der Waals surface area contributed by atoms with Gasteiger partial charge < -0.3 is 0 Å². The lowest BCUT2D eigenvalue weighted by molar-refractivity contribution is 0.107. The Bertz CT molecular complexity index is 182. The first-order valence-corrected chi connectivity index (χ1v) is 2.24. The molecule has 0 aliphatic heterocycles. The van der Waals surface area contributed by atoms with Crippen LogP contribution < -0.4 is 0 Å². The molecule has 1 aromatic heterocycles. The molecule has 1 N–H and O–H groups in total. The topological polar surface area (TPSA) is 58.6 Å². The molecular weight excluding hydrogens is 130 g/mol. The molecule has 0 atom stereocenters. The van der Waals surface area contributed by atoms with Gasteiger partial charge in [0.15, 0.2) is 5.69 Å². The number of hydrogen-bond donors (Lipinski definition) is 1. The fraction of sp³-hybridized carbons (Fsp3) is 0. The molecule has 1 heterocycles. The average Bonchev–Trinajstić information content (AvgIpc) is 2.12. The zero-order chi connectivity index (χ0) is 5.98. The zero-order valence-electron chi connectivity index (χ0n) is 3.76. The van der Waals surface area contributed by atoms with Crippen LogP contribution in [-0.2, 0) is 0 Å². The summed E-state index contributed by atoms with van der Waals surface area (Å²) in [6.45, 7) is 0. The molecule has 0 bridgehead atoms. The molecule has 42 valence electrons. The Kier molecular flexibility index (Phi) is 1.26. The van der Waals surface area contributed by atoms with E-state index in [9.17, 15) is 4.79 Å². The molecular formula is C3H2ClN3O. The number of aromatic nitrogens is 3. The molecule has 0 unspecified atom stereocenters. The van der Waals surface area contributed by atoms with Gasteiger partial charge in [0, 0.05) is 0 Å². The van der Waals surface area contributed by atoms with Gasteiger partial charge in [0.2, 0.25) is 0 Å². The van der Waals surface area contributed by atoms with Gasteiger partial charge in [0.05, 0.1) is 6.20 Å². The maximum atomic E-state index is 10.1. The highest BCUT2D eigenvalue weighted by Gasteiger charge is 2.01. The number of carbonyl (C=O) groups is 1. The van der Waals surface area contributed by atoms with Crippen molar-refractivity contribution in [2.75, 3.05) is 0 Å². The van der Waals surface area contributed by atoms with E-state index in [1.165, 1.54) is 6.20 Å². The first-order chi connectivity index (χ1) is 3.80. The van der Waals surface area contributed by atoms with Crippen LogP contribution in [-0.4, -0.2) is 20.7 Å². The lowest BCUT2D eigenvalue weighted by Crippen LogP contribution is -1.86. The molecule has 8 heavy (non-hydrogen) atoms. The van der Waals surface area contributed by atoms with Crippen molar-refractivity contribution in [3.63, 3.8) is 0 Å². The monoisotopic (exact) mass is 131 g/mol. The first-order valence-electron chi connectivity index (χ1n) is 1.86. The van der Waals surface area contributed by atoms with Gasteiger partial charge in [0.25, 0.3) is 5.24 Å². The molecule has 0 aromatic carbocycles. The summed E-state index contributed by atoms with van der Waals surface area (Å²) in [5, 5.41) is 8.41. The standard InChI is InChI=1S/C3H2ClN3O/c4-3(8)2-1-5-7-6-2/h1H,(H,5,6,7). The molecule has 0 fully saturated rings. The van der Waals surface area contributed by atoms with Crippen LogP contribution in [0.5, 0.6) is 0 Å². The third kappa shape index (κ3) is 0.840. The molecule has 0 aliphatic carbocycles. The molecule has 5 heteroatoms. The minimum absolute atomic E-state index is 0.145. The summed E-state index contributed by atoms with van der Waals surface area (Å²) in [7, 11) is 0. The van der Waals surface area contributed by atoms with E-state index in [2.05, 4.69) is 15.4 Å². The normalized spacial score (nSPS) is 9.12. The lowest BCUT2D eigenvalue weighted by Gasteiger charge is -1.73. The number of aromatic amines is 1. The summed E-state index contributed by atoms with van der Waals surface area (Å²) >= 11 is 4.98. The Morgan fingerprint density at radius 2 is 2.62 bits per heavy atom. The Morgan fingerprint density at radius 1 is 1.88 bits per heavy atom. The van der Waals surface area contributed by atoms with Gasteiger partial charge in [-0.05, 0) is 11.6 Å². The average molecular weight is 132 g/mol. The van der Waals surface area contributed by atoms with Crippen molar-refractivity contribution in [1.29, 1.82) is 0 Å². The third-order valence-electron chi connectivity index (χ3n) is 0.616. The summed E-state index contributed by atoms with van der Waals surface area (Å²) in [6, 6.07) is 0. The smallest absolute Gasteiger partial charge is 0.274 e. The van der Waals surface area contributed by atoms with Crippen molar-refractivity contribution in [1.82, 2.24) is 15.4 Å². The van der Waals surface area contributed by atoms with Crippen molar-refractivity contribution in [2.45, 2.75) is 0 Å². The SMILES string of the molecule is O=C(Cl)c1cn[nH]n1. The van der Waals surface area contributed by atoms with Gasteiger partial charge >= 0.3 is 0 Å². The van der Waals surface area contributed by atoms with Crippen molar-refractivity contribution < 1.29 is 4.79 Å². The predicted octanol–water partition coefficient (Wildman–Crippen LogP) is 0.184. The Labute approximate surface area is 49.8 Å². The summed E-state index contributed by atoms with van der Waals surface area (Å²) in [5.41, 5.74) is 0.145. The highest BCUT2D eigenvalue weighted by atomic mass is 35.5. The van der Waals surface area contributed by atoms with Crippen LogP contribution in [0.1, 0.15) is 10.5 Å². The number of hydrogen-bond acceptors (Lipinski definition) is 3. The molecule has 0 spiro atoms. The number of carbonyl (C=O) groups excluding carboxylic acids is 1. The van der Waals surface area contributed by atoms with Gasteiger partial charge in [-0.1, -0.05) is 0 Å². The quantitative estimate of drug-likeness (QED) is 0.554.